The lowest BCUT2D eigenvalue weighted by Crippen LogP contribution is -2.36. The third-order valence-corrected chi connectivity index (χ3v) is 2.57. The first-order chi connectivity index (χ1) is 8.09. The van der Waals surface area contributed by atoms with Crippen LogP contribution in [0.4, 0.5) is 5.69 Å². The van der Waals surface area contributed by atoms with E-state index in [4.69, 9.17) is 11.6 Å². The fourth-order valence-corrected chi connectivity index (χ4v) is 1.65. The second kappa shape index (κ2) is 4.55. The summed E-state index contributed by atoms with van der Waals surface area (Å²) in [5.41, 5.74) is 0.614. The van der Waals surface area contributed by atoms with Crippen LogP contribution in [-0.4, -0.2) is 23.0 Å². The summed E-state index contributed by atoms with van der Waals surface area (Å²) in [7, 11) is 0. The Morgan fingerprint density at radius 3 is 2.65 bits per heavy atom. The van der Waals surface area contributed by atoms with Crippen LogP contribution in [0, 0.1) is 0 Å². The van der Waals surface area contributed by atoms with Gasteiger partial charge in [0.1, 0.15) is 0 Å². The predicted molar refractivity (Wildman–Crippen MR) is 64.8 cm³/mol. The van der Waals surface area contributed by atoms with Crippen LogP contribution in [0.3, 0.4) is 0 Å². The first kappa shape index (κ1) is 11.6. The number of hydrogen-bond donors (Lipinski definition) is 1. The summed E-state index contributed by atoms with van der Waals surface area (Å²) < 4.78 is 0. The molecule has 1 unspecified atom stereocenters. The molecule has 5 nitrogen and oxygen atoms in total. The number of nitrogens with one attached hydrogen (secondary N) is 1. The Morgan fingerprint density at radius 1 is 1.41 bits per heavy atom. The summed E-state index contributed by atoms with van der Waals surface area (Å²) in [6.45, 7) is 1.34. The number of para-hydroxylation sites is 1. The highest BCUT2D eigenvalue weighted by Crippen LogP contribution is 2.21. The minimum absolute atomic E-state index is 0.160. The Morgan fingerprint density at radius 2 is 2.06 bits per heavy atom. The molecule has 0 bridgehead atoms. The molecule has 0 radical (unpaired) electrons. The van der Waals surface area contributed by atoms with Crippen molar-refractivity contribution in [1.82, 2.24) is 5.32 Å². The van der Waals surface area contributed by atoms with E-state index in [2.05, 4.69) is 10.4 Å². The van der Waals surface area contributed by atoms with E-state index >= 15 is 0 Å². The summed E-state index contributed by atoms with van der Waals surface area (Å²) in [6, 6.07) is 8.89. The number of hydrazone groups is 1. The van der Waals surface area contributed by atoms with E-state index in [1.807, 2.05) is 6.07 Å². The molecule has 1 aliphatic heterocycles. The normalized spacial score (nSPS) is 19.2. The number of nitrogens with zero attached hydrogens (tertiary/aromatic N) is 2. The van der Waals surface area contributed by atoms with Crippen molar-refractivity contribution in [2.75, 3.05) is 5.01 Å². The number of carbonyl (C=O) groups is 2. The lowest BCUT2D eigenvalue weighted by Gasteiger charge is -2.10. The molecule has 0 spiro atoms. The van der Waals surface area contributed by atoms with E-state index in [-0.39, 0.29) is 17.6 Å². The molecule has 0 saturated carbocycles. The molecular formula is C11H10ClN3O2. The van der Waals surface area contributed by atoms with Gasteiger partial charge in [0.25, 0.3) is 5.91 Å². The average molecular weight is 252 g/mol. The lowest BCUT2D eigenvalue weighted by atomic mass is 10.3. The summed E-state index contributed by atoms with van der Waals surface area (Å²) >= 11 is 5.88. The SMILES string of the molecule is CC(=O)NC1=NN(c2ccccc2)C(=O)C1Cl. The van der Waals surface area contributed by atoms with Crippen LogP contribution in [0.5, 0.6) is 0 Å². The molecule has 2 amide bonds. The molecule has 1 aliphatic rings. The van der Waals surface area contributed by atoms with Gasteiger partial charge in [0.15, 0.2) is 11.2 Å². The fourth-order valence-electron chi connectivity index (χ4n) is 1.45. The van der Waals surface area contributed by atoms with Crippen LogP contribution in [0.2, 0.25) is 0 Å². The smallest absolute Gasteiger partial charge is 0.273 e. The van der Waals surface area contributed by atoms with Crippen LogP contribution in [0.25, 0.3) is 0 Å². The van der Waals surface area contributed by atoms with Crippen molar-refractivity contribution >= 4 is 34.9 Å². The summed E-state index contributed by atoms with van der Waals surface area (Å²) in [5, 5.41) is 6.67. The van der Waals surface area contributed by atoms with E-state index in [0.717, 1.165) is 0 Å². The maximum absolute atomic E-state index is 11.8. The number of amidine groups is 1. The molecule has 1 atom stereocenters. The van der Waals surface area contributed by atoms with E-state index in [1.165, 1.54) is 11.9 Å². The first-order valence-corrected chi connectivity index (χ1v) is 5.42. The molecule has 1 heterocycles. The van der Waals surface area contributed by atoms with Gasteiger partial charge >= 0.3 is 0 Å². The maximum atomic E-state index is 11.8. The second-order valence-electron chi connectivity index (χ2n) is 3.51. The van der Waals surface area contributed by atoms with Gasteiger partial charge in [-0.3, -0.25) is 9.59 Å². The van der Waals surface area contributed by atoms with Gasteiger partial charge in [-0.05, 0) is 12.1 Å². The van der Waals surface area contributed by atoms with Crippen molar-refractivity contribution in [3.05, 3.63) is 30.3 Å². The van der Waals surface area contributed by atoms with Crippen molar-refractivity contribution in [2.24, 2.45) is 5.10 Å². The highest BCUT2D eigenvalue weighted by Gasteiger charge is 2.35. The van der Waals surface area contributed by atoms with Crippen LogP contribution >= 0.6 is 11.6 Å². The molecule has 1 aromatic rings. The number of carbonyl (C=O) groups excluding carboxylic acids is 2. The van der Waals surface area contributed by atoms with E-state index < -0.39 is 5.38 Å². The quantitative estimate of drug-likeness (QED) is 0.760. The van der Waals surface area contributed by atoms with Gasteiger partial charge in [-0.2, -0.15) is 5.01 Å². The van der Waals surface area contributed by atoms with Crippen molar-refractivity contribution < 1.29 is 9.59 Å². The predicted octanol–water partition coefficient (Wildman–Crippen LogP) is 1.09. The number of alkyl halides is 1. The molecule has 0 aliphatic carbocycles. The first-order valence-electron chi connectivity index (χ1n) is 4.99. The standard InChI is InChI=1S/C11H10ClN3O2/c1-7(16)13-10-9(12)11(17)15(14-10)8-5-3-2-4-6-8/h2-6,9H,1H3,(H,13,14,16). The molecule has 0 aromatic heterocycles. The van der Waals surface area contributed by atoms with Gasteiger partial charge in [-0.25, -0.2) is 0 Å². The molecule has 1 aromatic carbocycles. The zero-order valence-corrected chi connectivity index (χ0v) is 9.81. The monoisotopic (exact) mass is 251 g/mol. The Balaban J connectivity index is 2.28. The van der Waals surface area contributed by atoms with E-state index in [9.17, 15) is 9.59 Å². The molecule has 2 rings (SSSR count). The van der Waals surface area contributed by atoms with Gasteiger partial charge in [0.05, 0.1) is 5.69 Å². The minimum atomic E-state index is -0.945. The van der Waals surface area contributed by atoms with Crippen molar-refractivity contribution in [2.45, 2.75) is 12.3 Å². The largest absolute Gasteiger partial charge is 0.311 e. The Bertz CT molecular complexity index is 487. The summed E-state index contributed by atoms with van der Waals surface area (Å²) in [4.78, 5) is 22.7. The average Bonchev–Trinajstić information content (AvgIpc) is 2.58. The molecule has 17 heavy (non-hydrogen) atoms. The Kier molecular flexibility index (Phi) is 3.10. The van der Waals surface area contributed by atoms with Crippen LogP contribution in [-0.2, 0) is 9.59 Å². The van der Waals surface area contributed by atoms with Gasteiger partial charge in [0, 0.05) is 6.92 Å². The van der Waals surface area contributed by atoms with Crippen LogP contribution in [0.1, 0.15) is 6.92 Å². The van der Waals surface area contributed by atoms with Crippen molar-refractivity contribution in [1.29, 1.82) is 0 Å². The zero-order valence-electron chi connectivity index (χ0n) is 9.05. The second-order valence-corrected chi connectivity index (χ2v) is 3.95. The van der Waals surface area contributed by atoms with Crippen LogP contribution < -0.4 is 10.3 Å². The zero-order chi connectivity index (χ0) is 12.4. The molecule has 88 valence electrons. The third-order valence-electron chi connectivity index (χ3n) is 2.18. The minimum Gasteiger partial charge on any atom is -0.311 e. The topological polar surface area (TPSA) is 61.8 Å². The highest BCUT2D eigenvalue weighted by atomic mass is 35.5. The van der Waals surface area contributed by atoms with Gasteiger partial charge in [-0.15, -0.1) is 16.7 Å². The van der Waals surface area contributed by atoms with Gasteiger partial charge < -0.3 is 5.32 Å². The lowest BCUT2D eigenvalue weighted by molar-refractivity contribution is -0.117. The Labute approximate surface area is 103 Å². The number of benzene rings is 1. The highest BCUT2D eigenvalue weighted by molar-refractivity contribution is 6.46. The van der Waals surface area contributed by atoms with Gasteiger partial charge in [-0.1, -0.05) is 18.2 Å². The molecule has 6 heteroatoms. The number of hydrogen-bond acceptors (Lipinski definition) is 3. The molecule has 0 saturated heterocycles. The summed E-state index contributed by atoms with van der Waals surface area (Å²) in [6.07, 6.45) is 0. The number of halogens is 1. The fraction of sp³-hybridized carbons (Fsp3) is 0.182. The number of anilines is 1. The van der Waals surface area contributed by atoms with Crippen LogP contribution in [0.15, 0.2) is 35.4 Å². The van der Waals surface area contributed by atoms with E-state index in [0.29, 0.717) is 5.69 Å². The summed E-state index contributed by atoms with van der Waals surface area (Å²) in [5.74, 6) is -0.522. The van der Waals surface area contributed by atoms with Gasteiger partial charge in [0.2, 0.25) is 5.91 Å². The van der Waals surface area contributed by atoms with Crippen molar-refractivity contribution in [3.63, 3.8) is 0 Å². The Hall–Kier alpha value is -1.88. The number of rotatable bonds is 1. The van der Waals surface area contributed by atoms with Crippen molar-refractivity contribution in [3.8, 4) is 0 Å². The van der Waals surface area contributed by atoms with E-state index in [1.54, 1.807) is 24.3 Å². The molecular weight excluding hydrogens is 242 g/mol. The third kappa shape index (κ3) is 2.29. The molecule has 1 N–H and O–H groups in total. The maximum Gasteiger partial charge on any atom is 0.273 e. The number of amides is 2. The molecule has 0 fully saturated rings.